The van der Waals surface area contributed by atoms with Crippen molar-refractivity contribution in [3.63, 3.8) is 0 Å². The normalized spacial score (nSPS) is 25.4. The summed E-state index contributed by atoms with van der Waals surface area (Å²) in [6, 6.07) is 2.27. The van der Waals surface area contributed by atoms with Gasteiger partial charge in [0.2, 0.25) is 0 Å². The van der Waals surface area contributed by atoms with Crippen molar-refractivity contribution in [2.45, 2.75) is 44.7 Å². The summed E-state index contributed by atoms with van der Waals surface area (Å²) >= 11 is 0. The summed E-state index contributed by atoms with van der Waals surface area (Å²) in [5, 5.41) is 0.429. The SMILES string of the molecule is COc1c(N2CC3CCCN(C)C3C2)c(F)cc2c(=O)c(C)cn(C3CC3)c12. The van der Waals surface area contributed by atoms with Crippen molar-refractivity contribution in [2.75, 3.05) is 38.7 Å². The van der Waals surface area contributed by atoms with E-state index in [0.717, 1.165) is 38.0 Å². The molecule has 5 nitrogen and oxygen atoms in total. The lowest BCUT2D eigenvalue weighted by atomic mass is 9.93. The smallest absolute Gasteiger partial charge is 0.192 e. The van der Waals surface area contributed by atoms with Crippen LogP contribution in [-0.2, 0) is 0 Å². The molecule has 6 heteroatoms. The molecule has 1 aliphatic carbocycles. The molecule has 2 aromatic rings. The molecular weight excluding hydrogens is 357 g/mol. The lowest BCUT2D eigenvalue weighted by Gasteiger charge is -2.33. The number of hydrogen-bond donors (Lipinski definition) is 0. The van der Waals surface area contributed by atoms with Gasteiger partial charge in [-0.05, 0) is 58.2 Å². The Morgan fingerprint density at radius 1 is 1.21 bits per heavy atom. The molecule has 2 unspecified atom stereocenters. The van der Waals surface area contributed by atoms with Gasteiger partial charge in [-0.1, -0.05) is 0 Å². The second-order valence-electron chi connectivity index (χ2n) is 8.77. The monoisotopic (exact) mass is 385 g/mol. The van der Waals surface area contributed by atoms with Crippen LogP contribution in [0.3, 0.4) is 0 Å². The van der Waals surface area contributed by atoms with Gasteiger partial charge in [-0.25, -0.2) is 4.39 Å². The van der Waals surface area contributed by atoms with Crippen LogP contribution in [-0.4, -0.2) is 49.3 Å². The van der Waals surface area contributed by atoms with Crippen molar-refractivity contribution in [2.24, 2.45) is 5.92 Å². The lowest BCUT2D eigenvalue weighted by Crippen LogP contribution is -2.42. The van der Waals surface area contributed by atoms with Crippen LogP contribution in [0.1, 0.15) is 37.3 Å². The molecule has 150 valence electrons. The van der Waals surface area contributed by atoms with Crippen LogP contribution < -0.4 is 15.1 Å². The summed E-state index contributed by atoms with van der Waals surface area (Å²) in [5.74, 6) is 0.721. The number of fused-ring (bicyclic) bond motifs is 2. The number of ether oxygens (including phenoxy) is 1. The van der Waals surface area contributed by atoms with Gasteiger partial charge < -0.3 is 19.1 Å². The van der Waals surface area contributed by atoms with E-state index in [4.69, 9.17) is 4.74 Å². The average molecular weight is 385 g/mol. The van der Waals surface area contributed by atoms with Gasteiger partial charge in [-0.15, -0.1) is 0 Å². The molecule has 0 N–H and O–H groups in total. The van der Waals surface area contributed by atoms with Gasteiger partial charge in [0.15, 0.2) is 17.0 Å². The predicted molar refractivity (Wildman–Crippen MR) is 109 cm³/mol. The topological polar surface area (TPSA) is 37.7 Å². The Morgan fingerprint density at radius 2 is 2.00 bits per heavy atom. The predicted octanol–water partition coefficient (Wildman–Crippen LogP) is 3.32. The molecule has 0 radical (unpaired) electrons. The first-order valence-electron chi connectivity index (χ1n) is 10.4. The van der Waals surface area contributed by atoms with E-state index in [0.29, 0.717) is 40.4 Å². The van der Waals surface area contributed by atoms with Gasteiger partial charge in [0.05, 0.1) is 18.0 Å². The van der Waals surface area contributed by atoms with E-state index in [1.807, 2.05) is 6.20 Å². The fourth-order valence-electron chi connectivity index (χ4n) is 5.30. The van der Waals surface area contributed by atoms with Crippen LogP contribution in [0, 0.1) is 18.7 Å². The van der Waals surface area contributed by atoms with Crippen molar-refractivity contribution in [1.82, 2.24) is 9.47 Å². The van der Waals surface area contributed by atoms with E-state index < -0.39 is 0 Å². The van der Waals surface area contributed by atoms with E-state index in [2.05, 4.69) is 21.4 Å². The first-order valence-corrected chi connectivity index (χ1v) is 10.4. The first kappa shape index (κ1) is 18.0. The molecular formula is C22H28FN3O2. The fraction of sp³-hybridized carbons (Fsp3) is 0.591. The largest absolute Gasteiger partial charge is 0.492 e. The summed E-state index contributed by atoms with van der Waals surface area (Å²) in [4.78, 5) is 17.3. The first-order chi connectivity index (χ1) is 13.5. The number of methoxy groups -OCH3 is 1. The number of pyridine rings is 1. The summed E-state index contributed by atoms with van der Waals surface area (Å²) in [6.45, 7) is 4.56. The van der Waals surface area contributed by atoms with Crippen molar-refractivity contribution >= 4 is 16.6 Å². The number of anilines is 1. The van der Waals surface area contributed by atoms with Crippen molar-refractivity contribution in [3.05, 3.63) is 33.9 Å². The minimum Gasteiger partial charge on any atom is -0.492 e. The number of aromatic nitrogens is 1. The average Bonchev–Trinajstić information content (AvgIpc) is 3.43. The molecule has 2 atom stereocenters. The summed E-state index contributed by atoms with van der Waals surface area (Å²) in [6.07, 6.45) is 6.49. The molecule has 3 heterocycles. The Balaban J connectivity index is 1.70. The molecule has 5 rings (SSSR count). The van der Waals surface area contributed by atoms with E-state index >= 15 is 4.39 Å². The Kier molecular flexibility index (Phi) is 4.16. The number of likely N-dealkylation sites (N-methyl/N-ethyl adjacent to an activating group) is 1. The standard InChI is InChI=1S/C22H28FN3O2/c1-13-10-26(15-6-7-15)19-16(21(13)27)9-17(23)20(22(19)28-3)25-11-14-5-4-8-24(2)18(14)12-25/h9-10,14-15,18H,4-8,11-12H2,1-3H3. The molecule has 0 spiro atoms. The van der Waals surface area contributed by atoms with Gasteiger partial charge in [-0.3, -0.25) is 4.79 Å². The number of aryl methyl sites for hydroxylation is 1. The van der Waals surface area contributed by atoms with Gasteiger partial charge in [0, 0.05) is 36.9 Å². The third kappa shape index (κ3) is 2.65. The summed E-state index contributed by atoms with van der Waals surface area (Å²) < 4.78 is 23.3. The second kappa shape index (κ2) is 6.48. The zero-order valence-corrected chi connectivity index (χ0v) is 16.9. The van der Waals surface area contributed by atoms with Gasteiger partial charge in [0.25, 0.3) is 0 Å². The van der Waals surface area contributed by atoms with Gasteiger partial charge >= 0.3 is 0 Å². The number of piperidine rings is 1. The summed E-state index contributed by atoms with van der Waals surface area (Å²) in [5.41, 5.74) is 1.82. The highest BCUT2D eigenvalue weighted by atomic mass is 19.1. The minimum absolute atomic E-state index is 0.106. The zero-order chi connectivity index (χ0) is 19.6. The molecule has 28 heavy (non-hydrogen) atoms. The van der Waals surface area contributed by atoms with Crippen molar-refractivity contribution < 1.29 is 9.13 Å². The molecule has 0 bridgehead atoms. The van der Waals surface area contributed by atoms with E-state index in [-0.39, 0.29) is 11.2 Å². The lowest BCUT2D eigenvalue weighted by molar-refractivity contribution is 0.158. The van der Waals surface area contributed by atoms with E-state index in [9.17, 15) is 4.79 Å². The highest BCUT2D eigenvalue weighted by molar-refractivity contribution is 5.92. The highest BCUT2D eigenvalue weighted by Crippen LogP contribution is 2.45. The van der Waals surface area contributed by atoms with Crippen LogP contribution in [0.4, 0.5) is 10.1 Å². The quantitative estimate of drug-likeness (QED) is 0.812. The van der Waals surface area contributed by atoms with Crippen molar-refractivity contribution in [1.29, 1.82) is 0 Å². The van der Waals surface area contributed by atoms with Crippen molar-refractivity contribution in [3.8, 4) is 5.75 Å². The maximum Gasteiger partial charge on any atom is 0.192 e. The number of nitrogens with zero attached hydrogens (tertiary/aromatic N) is 3. The van der Waals surface area contributed by atoms with Crippen LogP contribution in [0.5, 0.6) is 5.75 Å². The molecule has 2 aliphatic heterocycles. The Hall–Kier alpha value is -2.08. The third-order valence-electron chi connectivity index (χ3n) is 6.90. The highest BCUT2D eigenvalue weighted by Gasteiger charge is 2.40. The Morgan fingerprint density at radius 3 is 2.68 bits per heavy atom. The maximum atomic E-state index is 15.4. The molecule has 0 amide bonds. The number of halogens is 1. The van der Waals surface area contributed by atoms with Crippen LogP contribution in [0.25, 0.3) is 10.9 Å². The van der Waals surface area contributed by atoms with Crippen LogP contribution in [0.15, 0.2) is 17.1 Å². The van der Waals surface area contributed by atoms with Crippen LogP contribution in [0.2, 0.25) is 0 Å². The zero-order valence-electron chi connectivity index (χ0n) is 16.9. The second-order valence-corrected chi connectivity index (χ2v) is 8.77. The molecule has 1 saturated carbocycles. The van der Waals surface area contributed by atoms with E-state index in [1.54, 1.807) is 14.0 Å². The molecule has 3 aliphatic rings. The Labute approximate surface area is 164 Å². The van der Waals surface area contributed by atoms with E-state index in [1.165, 1.54) is 18.9 Å². The molecule has 1 aromatic heterocycles. The fourth-order valence-corrected chi connectivity index (χ4v) is 5.30. The minimum atomic E-state index is -0.351. The summed E-state index contributed by atoms with van der Waals surface area (Å²) in [7, 11) is 3.76. The molecule has 1 aromatic carbocycles. The maximum absolute atomic E-state index is 15.4. The molecule has 2 saturated heterocycles. The molecule has 3 fully saturated rings. The Bertz CT molecular complexity index is 998. The number of benzene rings is 1. The number of likely N-dealkylation sites (tertiary alicyclic amines) is 1. The number of hydrogen-bond acceptors (Lipinski definition) is 4. The number of rotatable bonds is 3. The van der Waals surface area contributed by atoms with Gasteiger partial charge in [0.1, 0.15) is 5.69 Å². The third-order valence-corrected chi connectivity index (χ3v) is 6.90. The van der Waals surface area contributed by atoms with Crippen LogP contribution >= 0.6 is 0 Å². The van der Waals surface area contributed by atoms with Gasteiger partial charge in [-0.2, -0.15) is 0 Å².